The van der Waals surface area contributed by atoms with Gasteiger partial charge in [-0.2, -0.15) is 17.5 Å². The maximum absolute atomic E-state index is 12.9. The van der Waals surface area contributed by atoms with E-state index in [1.165, 1.54) is 39.6 Å². The van der Waals surface area contributed by atoms with E-state index in [1.54, 1.807) is 6.92 Å². The summed E-state index contributed by atoms with van der Waals surface area (Å²) in [5.74, 6) is 0.586. The average molecular weight is 407 g/mol. The van der Waals surface area contributed by atoms with Crippen molar-refractivity contribution in [3.8, 4) is 11.5 Å². The van der Waals surface area contributed by atoms with Crippen LogP contribution >= 0.6 is 0 Å². The van der Waals surface area contributed by atoms with E-state index in [4.69, 9.17) is 9.47 Å². The fourth-order valence-corrected chi connectivity index (χ4v) is 3.86. The lowest BCUT2D eigenvalue weighted by Gasteiger charge is -2.20. The van der Waals surface area contributed by atoms with Gasteiger partial charge in [-0.05, 0) is 18.6 Å². The summed E-state index contributed by atoms with van der Waals surface area (Å²) in [7, 11) is 0.0802. The van der Waals surface area contributed by atoms with Gasteiger partial charge in [0.2, 0.25) is 10.0 Å². The molecule has 0 spiro atoms. The normalized spacial score (nSPS) is 12.4. The Morgan fingerprint density at radius 1 is 1.19 bits per heavy atom. The Labute approximate surface area is 155 Å². The van der Waals surface area contributed by atoms with Gasteiger partial charge in [0.25, 0.3) is 0 Å². The second-order valence-corrected chi connectivity index (χ2v) is 7.83. The number of nitrogens with zero attached hydrogens (tertiary/aromatic N) is 3. The van der Waals surface area contributed by atoms with E-state index in [1.807, 2.05) is 0 Å². The van der Waals surface area contributed by atoms with Gasteiger partial charge < -0.3 is 14.0 Å². The number of halogens is 3. The van der Waals surface area contributed by atoms with Crippen LogP contribution in [0, 0.1) is 6.92 Å². The summed E-state index contributed by atoms with van der Waals surface area (Å²) in [6, 6.07) is 2.84. The summed E-state index contributed by atoms with van der Waals surface area (Å²) >= 11 is 0. The third kappa shape index (κ3) is 4.72. The lowest BCUT2D eigenvalue weighted by atomic mass is 10.2. The fraction of sp³-hybridized carbons (Fsp3) is 0.438. The number of sulfonamides is 1. The number of rotatable bonds is 7. The van der Waals surface area contributed by atoms with Gasteiger partial charge in [-0.15, -0.1) is 0 Å². The van der Waals surface area contributed by atoms with Crippen molar-refractivity contribution >= 4 is 10.0 Å². The fourth-order valence-electron chi connectivity index (χ4n) is 2.52. The van der Waals surface area contributed by atoms with Gasteiger partial charge in [-0.25, -0.2) is 13.4 Å². The first-order valence-electron chi connectivity index (χ1n) is 7.75. The number of benzene rings is 1. The van der Waals surface area contributed by atoms with E-state index >= 15 is 0 Å². The number of hydrogen-bond donors (Lipinski definition) is 0. The third-order valence-electron chi connectivity index (χ3n) is 3.88. The van der Waals surface area contributed by atoms with Gasteiger partial charge >= 0.3 is 6.18 Å². The molecule has 0 N–H and O–H groups in total. The lowest BCUT2D eigenvalue weighted by Crippen LogP contribution is -2.29. The number of alkyl halides is 3. The van der Waals surface area contributed by atoms with Crippen LogP contribution < -0.4 is 9.47 Å². The number of aryl methyl sites for hydroxylation is 1. The highest BCUT2D eigenvalue weighted by atomic mass is 32.2. The van der Waals surface area contributed by atoms with Crippen molar-refractivity contribution in [2.75, 3.05) is 21.3 Å². The van der Waals surface area contributed by atoms with Crippen LogP contribution in [0.3, 0.4) is 0 Å². The highest BCUT2D eigenvalue weighted by molar-refractivity contribution is 7.89. The largest absolute Gasteiger partial charge is 0.493 e. The van der Waals surface area contributed by atoms with Gasteiger partial charge in [-0.1, -0.05) is 0 Å². The van der Waals surface area contributed by atoms with E-state index in [2.05, 4.69) is 4.98 Å². The number of methoxy groups -OCH3 is 2. The molecular formula is C16H20F3N3O4S. The first kappa shape index (κ1) is 21.0. The van der Waals surface area contributed by atoms with E-state index in [0.29, 0.717) is 11.3 Å². The van der Waals surface area contributed by atoms with Crippen LogP contribution in [0.4, 0.5) is 13.2 Å². The maximum Gasteiger partial charge on any atom is 0.406 e. The average Bonchev–Trinajstić information content (AvgIpc) is 2.99. The summed E-state index contributed by atoms with van der Waals surface area (Å²) in [6.07, 6.45) is -2.08. The van der Waals surface area contributed by atoms with Gasteiger partial charge in [0, 0.05) is 25.5 Å². The Balaban J connectivity index is 2.34. The molecule has 0 saturated heterocycles. The monoisotopic (exact) mass is 407 g/mol. The van der Waals surface area contributed by atoms with Gasteiger partial charge in [0.05, 0.1) is 25.7 Å². The Kier molecular flexibility index (Phi) is 6.05. The smallest absolute Gasteiger partial charge is 0.406 e. The number of aromatic nitrogens is 2. The molecule has 27 heavy (non-hydrogen) atoms. The second kappa shape index (κ2) is 7.77. The van der Waals surface area contributed by atoms with Crippen LogP contribution in [0.2, 0.25) is 0 Å². The Hall–Kier alpha value is -2.27. The summed E-state index contributed by atoms with van der Waals surface area (Å²) in [6.45, 7) is 0.0259. The first-order chi connectivity index (χ1) is 12.5. The molecule has 1 aromatic heterocycles. The van der Waals surface area contributed by atoms with Crippen molar-refractivity contribution in [2.45, 2.75) is 31.1 Å². The Morgan fingerprint density at radius 3 is 2.33 bits per heavy atom. The van der Waals surface area contributed by atoms with E-state index in [-0.39, 0.29) is 23.0 Å². The molecule has 7 nitrogen and oxygen atoms in total. The van der Waals surface area contributed by atoms with Crippen LogP contribution in [-0.2, 0) is 23.1 Å². The first-order valence-corrected chi connectivity index (χ1v) is 9.19. The summed E-state index contributed by atoms with van der Waals surface area (Å²) < 4.78 is 75.8. The summed E-state index contributed by atoms with van der Waals surface area (Å²) in [5, 5.41) is 0. The SMILES string of the molecule is COc1cc(C)c(S(=O)(=O)N(C)Cc2nccn2CC(F)(F)F)cc1OC. The predicted octanol–water partition coefficient (Wildman–Crippen LogP) is 2.59. The lowest BCUT2D eigenvalue weighted by molar-refractivity contribution is -0.141. The Bertz CT molecular complexity index is 910. The minimum absolute atomic E-state index is 0.0171. The zero-order valence-electron chi connectivity index (χ0n) is 15.2. The molecule has 150 valence electrons. The highest BCUT2D eigenvalue weighted by Crippen LogP contribution is 2.33. The zero-order valence-corrected chi connectivity index (χ0v) is 16.1. The van der Waals surface area contributed by atoms with Crippen LogP contribution in [-0.4, -0.2) is 49.7 Å². The van der Waals surface area contributed by atoms with Crippen molar-refractivity contribution in [3.05, 3.63) is 35.9 Å². The maximum atomic E-state index is 12.9. The van der Waals surface area contributed by atoms with Crippen molar-refractivity contribution in [2.24, 2.45) is 0 Å². The molecule has 0 aliphatic carbocycles. The Morgan fingerprint density at radius 2 is 1.78 bits per heavy atom. The molecule has 0 unspecified atom stereocenters. The molecule has 2 rings (SSSR count). The number of imidazole rings is 1. The van der Waals surface area contributed by atoms with E-state index in [0.717, 1.165) is 15.1 Å². The van der Waals surface area contributed by atoms with Crippen molar-refractivity contribution in [1.82, 2.24) is 13.9 Å². The molecule has 0 amide bonds. The van der Waals surface area contributed by atoms with Gasteiger partial charge in [0.1, 0.15) is 12.4 Å². The second-order valence-electron chi connectivity index (χ2n) is 5.82. The van der Waals surface area contributed by atoms with E-state index < -0.39 is 22.7 Å². The molecule has 0 saturated carbocycles. The minimum atomic E-state index is -4.44. The molecule has 2 aromatic rings. The third-order valence-corrected chi connectivity index (χ3v) is 5.83. The molecule has 0 aliphatic rings. The van der Waals surface area contributed by atoms with Crippen molar-refractivity contribution in [3.63, 3.8) is 0 Å². The highest BCUT2D eigenvalue weighted by Gasteiger charge is 2.30. The van der Waals surface area contributed by atoms with Gasteiger partial charge in [-0.3, -0.25) is 0 Å². The molecule has 0 fully saturated rings. The van der Waals surface area contributed by atoms with Crippen molar-refractivity contribution in [1.29, 1.82) is 0 Å². The predicted molar refractivity (Wildman–Crippen MR) is 91.2 cm³/mol. The summed E-state index contributed by atoms with van der Waals surface area (Å²) in [4.78, 5) is 3.81. The van der Waals surface area contributed by atoms with Crippen LogP contribution in [0.5, 0.6) is 11.5 Å². The molecule has 0 atom stereocenters. The molecule has 0 aliphatic heterocycles. The molecule has 0 radical (unpaired) electrons. The summed E-state index contributed by atoms with van der Waals surface area (Å²) in [5.41, 5.74) is 0.415. The van der Waals surface area contributed by atoms with Crippen LogP contribution in [0.15, 0.2) is 29.4 Å². The molecule has 1 aromatic carbocycles. The standard InChI is InChI=1S/C16H20F3N3O4S/c1-11-7-12(25-3)13(26-4)8-14(11)27(23,24)21(2)9-15-20-5-6-22(15)10-16(17,18)19/h5-8H,9-10H2,1-4H3. The van der Waals surface area contributed by atoms with Crippen LogP contribution in [0.25, 0.3) is 0 Å². The number of ether oxygens (including phenoxy) is 2. The molecule has 1 heterocycles. The van der Waals surface area contributed by atoms with Crippen molar-refractivity contribution < 1.29 is 31.1 Å². The van der Waals surface area contributed by atoms with Crippen LogP contribution in [0.1, 0.15) is 11.4 Å². The number of hydrogen-bond acceptors (Lipinski definition) is 5. The molecule has 11 heteroatoms. The van der Waals surface area contributed by atoms with Gasteiger partial charge in [0.15, 0.2) is 11.5 Å². The topological polar surface area (TPSA) is 73.7 Å². The zero-order chi connectivity index (χ0) is 20.4. The van der Waals surface area contributed by atoms with E-state index in [9.17, 15) is 21.6 Å². The minimum Gasteiger partial charge on any atom is -0.493 e. The molecular weight excluding hydrogens is 387 g/mol. The molecule has 0 bridgehead atoms. The quantitative estimate of drug-likeness (QED) is 0.705.